The van der Waals surface area contributed by atoms with Crippen LogP contribution in [0.4, 0.5) is 5.69 Å². The standard InChI is InChI=1S/C15H17ClN2O2/c1-11-13(16)5-2-6-14(11)18-15(19)7-8-17-10-12-4-3-9-20-12/h2-6,9,17H,7-8,10H2,1H3,(H,18,19). The van der Waals surface area contributed by atoms with Crippen molar-refractivity contribution in [2.24, 2.45) is 0 Å². The molecule has 0 atom stereocenters. The number of furan rings is 1. The number of halogens is 1. The van der Waals surface area contributed by atoms with Gasteiger partial charge < -0.3 is 15.1 Å². The summed E-state index contributed by atoms with van der Waals surface area (Å²) in [4.78, 5) is 11.8. The second kappa shape index (κ2) is 7.12. The fraction of sp³-hybridized carbons (Fsp3) is 0.267. The molecule has 1 heterocycles. The van der Waals surface area contributed by atoms with E-state index in [-0.39, 0.29) is 5.91 Å². The van der Waals surface area contributed by atoms with Crippen molar-refractivity contribution in [2.75, 3.05) is 11.9 Å². The van der Waals surface area contributed by atoms with Crippen molar-refractivity contribution >= 4 is 23.2 Å². The van der Waals surface area contributed by atoms with Crippen molar-refractivity contribution in [2.45, 2.75) is 19.9 Å². The topological polar surface area (TPSA) is 54.3 Å². The fourth-order valence-corrected chi connectivity index (χ4v) is 1.96. The summed E-state index contributed by atoms with van der Waals surface area (Å²) >= 11 is 6.01. The smallest absolute Gasteiger partial charge is 0.225 e. The first-order chi connectivity index (χ1) is 9.66. The van der Waals surface area contributed by atoms with Gasteiger partial charge in [0, 0.05) is 23.7 Å². The predicted octanol–water partition coefficient (Wildman–Crippen LogP) is 3.36. The summed E-state index contributed by atoms with van der Waals surface area (Å²) in [7, 11) is 0. The number of amides is 1. The molecular formula is C15H17ClN2O2. The van der Waals surface area contributed by atoms with Gasteiger partial charge in [0.15, 0.2) is 0 Å². The minimum atomic E-state index is -0.0395. The molecule has 0 aliphatic carbocycles. The van der Waals surface area contributed by atoms with Gasteiger partial charge in [0.1, 0.15) is 5.76 Å². The summed E-state index contributed by atoms with van der Waals surface area (Å²) in [5.41, 5.74) is 1.64. The zero-order valence-electron chi connectivity index (χ0n) is 11.3. The minimum Gasteiger partial charge on any atom is -0.468 e. The molecule has 0 unspecified atom stereocenters. The number of carbonyl (C=O) groups is 1. The maximum Gasteiger partial charge on any atom is 0.225 e. The van der Waals surface area contributed by atoms with E-state index in [1.54, 1.807) is 12.3 Å². The van der Waals surface area contributed by atoms with Gasteiger partial charge in [-0.05, 0) is 36.8 Å². The number of hydrogen-bond acceptors (Lipinski definition) is 3. The molecule has 0 radical (unpaired) electrons. The second-order valence-corrected chi connectivity index (χ2v) is 4.87. The summed E-state index contributed by atoms with van der Waals surface area (Å²) in [5.74, 6) is 0.818. The van der Waals surface area contributed by atoms with Crippen molar-refractivity contribution in [1.82, 2.24) is 5.32 Å². The van der Waals surface area contributed by atoms with Crippen LogP contribution in [0.1, 0.15) is 17.7 Å². The van der Waals surface area contributed by atoms with E-state index in [9.17, 15) is 4.79 Å². The van der Waals surface area contributed by atoms with Crippen molar-refractivity contribution < 1.29 is 9.21 Å². The van der Waals surface area contributed by atoms with Crippen LogP contribution in [0.3, 0.4) is 0 Å². The van der Waals surface area contributed by atoms with Gasteiger partial charge in [-0.15, -0.1) is 0 Å². The average Bonchev–Trinajstić information content (AvgIpc) is 2.93. The molecule has 2 aromatic rings. The highest BCUT2D eigenvalue weighted by molar-refractivity contribution is 6.31. The summed E-state index contributed by atoms with van der Waals surface area (Å²) in [6.45, 7) is 3.09. The Kier molecular flexibility index (Phi) is 5.21. The van der Waals surface area contributed by atoms with Crippen molar-refractivity contribution in [3.63, 3.8) is 0 Å². The van der Waals surface area contributed by atoms with Gasteiger partial charge in [0.2, 0.25) is 5.91 Å². The summed E-state index contributed by atoms with van der Waals surface area (Å²) in [6.07, 6.45) is 2.03. The Morgan fingerprint density at radius 1 is 1.30 bits per heavy atom. The van der Waals surface area contributed by atoms with E-state index in [0.29, 0.717) is 24.5 Å². The quantitative estimate of drug-likeness (QED) is 0.803. The first-order valence-electron chi connectivity index (χ1n) is 6.45. The number of hydrogen-bond donors (Lipinski definition) is 2. The predicted molar refractivity (Wildman–Crippen MR) is 79.9 cm³/mol. The van der Waals surface area contributed by atoms with E-state index in [2.05, 4.69) is 10.6 Å². The molecule has 1 amide bonds. The van der Waals surface area contributed by atoms with E-state index < -0.39 is 0 Å². The Morgan fingerprint density at radius 2 is 2.15 bits per heavy atom. The molecule has 2 N–H and O–H groups in total. The maximum absolute atomic E-state index is 11.8. The number of rotatable bonds is 6. The van der Waals surface area contributed by atoms with Gasteiger partial charge in [-0.25, -0.2) is 0 Å². The van der Waals surface area contributed by atoms with Gasteiger partial charge in [0.25, 0.3) is 0 Å². The molecular weight excluding hydrogens is 276 g/mol. The van der Waals surface area contributed by atoms with Crippen LogP contribution < -0.4 is 10.6 Å². The van der Waals surface area contributed by atoms with Crippen molar-refractivity contribution in [3.8, 4) is 0 Å². The van der Waals surface area contributed by atoms with Crippen molar-refractivity contribution in [1.29, 1.82) is 0 Å². The highest BCUT2D eigenvalue weighted by Crippen LogP contribution is 2.22. The molecule has 2 rings (SSSR count). The maximum atomic E-state index is 11.8. The Balaban J connectivity index is 1.74. The number of anilines is 1. The lowest BCUT2D eigenvalue weighted by molar-refractivity contribution is -0.116. The Hall–Kier alpha value is -1.78. The van der Waals surface area contributed by atoms with Crippen LogP contribution in [0, 0.1) is 6.92 Å². The van der Waals surface area contributed by atoms with E-state index in [4.69, 9.17) is 16.0 Å². The van der Waals surface area contributed by atoms with Crippen LogP contribution >= 0.6 is 11.6 Å². The lowest BCUT2D eigenvalue weighted by Gasteiger charge is -2.09. The third-order valence-corrected chi connectivity index (χ3v) is 3.36. The van der Waals surface area contributed by atoms with E-state index >= 15 is 0 Å². The lowest BCUT2D eigenvalue weighted by atomic mass is 10.2. The zero-order valence-corrected chi connectivity index (χ0v) is 12.0. The third-order valence-electron chi connectivity index (χ3n) is 2.95. The van der Waals surface area contributed by atoms with Gasteiger partial charge in [-0.1, -0.05) is 17.7 Å². The monoisotopic (exact) mass is 292 g/mol. The Labute approximate surface area is 123 Å². The highest BCUT2D eigenvalue weighted by atomic mass is 35.5. The SMILES string of the molecule is Cc1c(Cl)cccc1NC(=O)CCNCc1ccco1. The number of nitrogens with one attached hydrogen (secondary N) is 2. The molecule has 1 aromatic heterocycles. The molecule has 0 aliphatic rings. The average molecular weight is 293 g/mol. The van der Waals surface area contributed by atoms with Crippen LogP contribution in [0.2, 0.25) is 5.02 Å². The molecule has 0 spiro atoms. The molecule has 5 heteroatoms. The molecule has 106 valence electrons. The summed E-state index contributed by atoms with van der Waals surface area (Å²) in [5, 5.41) is 6.66. The zero-order chi connectivity index (χ0) is 14.4. The first-order valence-corrected chi connectivity index (χ1v) is 6.82. The minimum absolute atomic E-state index is 0.0395. The summed E-state index contributed by atoms with van der Waals surface area (Å²) in [6, 6.07) is 9.20. The third kappa shape index (κ3) is 4.11. The van der Waals surface area contributed by atoms with Gasteiger partial charge in [-0.3, -0.25) is 4.79 Å². The van der Waals surface area contributed by atoms with Crippen LogP contribution in [-0.4, -0.2) is 12.5 Å². The van der Waals surface area contributed by atoms with Gasteiger partial charge >= 0.3 is 0 Å². The molecule has 0 bridgehead atoms. The highest BCUT2D eigenvalue weighted by Gasteiger charge is 2.06. The van der Waals surface area contributed by atoms with Gasteiger partial charge in [-0.2, -0.15) is 0 Å². The van der Waals surface area contributed by atoms with Gasteiger partial charge in [0.05, 0.1) is 12.8 Å². The number of benzene rings is 1. The Morgan fingerprint density at radius 3 is 2.90 bits per heavy atom. The lowest BCUT2D eigenvalue weighted by Crippen LogP contribution is -2.21. The van der Waals surface area contributed by atoms with Crippen LogP contribution in [0.15, 0.2) is 41.0 Å². The van der Waals surface area contributed by atoms with Crippen LogP contribution in [0.5, 0.6) is 0 Å². The van der Waals surface area contributed by atoms with Crippen LogP contribution in [-0.2, 0) is 11.3 Å². The molecule has 0 fully saturated rings. The largest absolute Gasteiger partial charge is 0.468 e. The van der Waals surface area contributed by atoms with Crippen molar-refractivity contribution in [3.05, 3.63) is 52.9 Å². The molecule has 20 heavy (non-hydrogen) atoms. The first kappa shape index (κ1) is 14.6. The van der Waals surface area contributed by atoms with Crippen LogP contribution in [0.25, 0.3) is 0 Å². The molecule has 1 aromatic carbocycles. The fourth-order valence-electron chi connectivity index (χ4n) is 1.78. The normalized spacial score (nSPS) is 10.5. The molecule has 0 saturated carbocycles. The van der Waals surface area contributed by atoms with E-state index in [0.717, 1.165) is 17.0 Å². The molecule has 0 aliphatic heterocycles. The van der Waals surface area contributed by atoms with E-state index in [1.807, 2.05) is 31.2 Å². The van der Waals surface area contributed by atoms with E-state index in [1.165, 1.54) is 0 Å². The molecule has 0 saturated heterocycles. The summed E-state index contributed by atoms with van der Waals surface area (Å²) < 4.78 is 5.19. The molecule has 4 nitrogen and oxygen atoms in total. The second-order valence-electron chi connectivity index (χ2n) is 4.47. The Bertz CT molecular complexity index is 567. The number of carbonyl (C=O) groups excluding carboxylic acids is 1.